The highest BCUT2D eigenvalue weighted by Gasteiger charge is 2.44. The van der Waals surface area contributed by atoms with Crippen molar-refractivity contribution in [3.05, 3.63) is 57.7 Å². The molecule has 15 heteroatoms. The van der Waals surface area contributed by atoms with Crippen molar-refractivity contribution in [2.24, 2.45) is 0 Å². The van der Waals surface area contributed by atoms with E-state index in [0.717, 1.165) is 0 Å². The van der Waals surface area contributed by atoms with Crippen molar-refractivity contribution in [1.29, 1.82) is 0 Å². The third-order valence-electron chi connectivity index (χ3n) is 3.34. The molecule has 0 aliphatic heterocycles. The van der Waals surface area contributed by atoms with Gasteiger partial charge in [-0.15, -0.1) is 0 Å². The summed E-state index contributed by atoms with van der Waals surface area (Å²) in [6.45, 7) is 0. The van der Waals surface area contributed by atoms with Crippen LogP contribution in [0, 0.1) is 46.5 Å². The third-order valence-corrected chi connectivity index (χ3v) is 3.34. The van der Waals surface area contributed by atoms with Gasteiger partial charge in [-0.3, -0.25) is 0 Å². The van der Waals surface area contributed by atoms with Crippen molar-refractivity contribution in [2.45, 2.75) is 12.4 Å². The van der Waals surface area contributed by atoms with Crippen molar-refractivity contribution in [3.8, 4) is 0 Å². The molecule has 29 heavy (non-hydrogen) atoms. The first-order valence-corrected chi connectivity index (χ1v) is 6.65. The van der Waals surface area contributed by atoms with Gasteiger partial charge in [-0.2, -0.15) is 26.3 Å². The second-order valence-electron chi connectivity index (χ2n) is 5.13. The van der Waals surface area contributed by atoms with E-state index in [9.17, 15) is 61.5 Å². The summed E-state index contributed by atoms with van der Waals surface area (Å²) in [5.41, 5.74) is -11.0. The largest absolute Gasteiger partial charge is 0.422 e. The molecule has 1 N–H and O–H groups in total. The molecule has 0 bridgehead atoms. The third kappa shape index (κ3) is 3.64. The summed E-state index contributed by atoms with van der Waals surface area (Å²) in [7, 11) is 0. The molecular weight excluding hydrogens is 448 g/mol. The Morgan fingerprint density at radius 2 is 0.586 bits per heavy atom. The number of benzene rings is 2. The summed E-state index contributed by atoms with van der Waals surface area (Å²) < 4.78 is 183. The molecule has 0 saturated heterocycles. The van der Waals surface area contributed by atoms with Crippen LogP contribution in [0.2, 0.25) is 0 Å². The predicted octanol–water partition coefficient (Wildman–Crippen LogP) is 6.58. The maximum absolute atomic E-state index is 13.7. The molecule has 0 fully saturated rings. The standard InChI is InChI=1S/C14HF14N/c15-3-1(13(23,24)25)4(16)8(20)11(7(3)19)29-12-9(21)5(17)2(14(26,27)28)6(18)10(12)22/h29H. The predicted molar refractivity (Wildman–Crippen MR) is 65.8 cm³/mol. The fourth-order valence-electron chi connectivity index (χ4n) is 2.11. The highest BCUT2D eigenvalue weighted by atomic mass is 19.4. The number of nitrogens with one attached hydrogen (secondary N) is 1. The van der Waals surface area contributed by atoms with Gasteiger partial charge in [0, 0.05) is 0 Å². The molecule has 2 rings (SSSR count). The summed E-state index contributed by atoms with van der Waals surface area (Å²) in [4.78, 5) is 0. The molecule has 0 unspecified atom stereocenters. The van der Waals surface area contributed by atoms with E-state index in [4.69, 9.17) is 0 Å². The summed E-state index contributed by atoms with van der Waals surface area (Å²) >= 11 is 0. The summed E-state index contributed by atoms with van der Waals surface area (Å²) in [6, 6.07) is 0. The van der Waals surface area contributed by atoms with Crippen LogP contribution in [-0.4, -0.2) is 0 Å². The first kappa shape index (κ1) is 22.5. The molecule has 0 saturated carbocycles. The molecule has 2 aromatic rings. The molecule has 0 aromatic heterocycles. The van der Waals surface area contributed by atoms with Gasteiger partial charge in [-0.05, 0) is 0 Å². The van der Waals surface area contributed by atoms with Gasteiger partial charge in [0.05, 0.1) is 0 Å². The first-order chi connectivity index (χ1) is 13.0. The lowest BCUT2D eigenvalue weighted by atomic mass is 10.1. The Balaban J connectivity index is 2.77. The Morgan fingerprint density at radius 1 is 0.379 bits per heavy atom. The van der Waals surface area contributed by atoms with E-state index in [2.05, 4.69) is 0 Å². The maximum atomic E-state index is 13.7. The number of anilines is 2. The Kier molecular flexibility index (Phi) is 5.40. The second kappa shape index (κ2) is 6.95. The number of hydrogen-bond acceptors (Lipinski definition) is 1. The van der Waals surface area contributed by atoms with Gasteiger partial charge in [-0.25, -0.2) is 35.1 Å². The summed E-state index contributed by atoms with van der Waals surface area (Å²) in [5, 5.41) is 0.703. The minimum atomic E-state index is -5.97. The molecular formula is C14HF14N. The van der Waals surface area contributed by atoms with Crippen molar-refractivity contribution in [2.75, 3.05) is 5.32 Å². The fourth-order valence-corrected chi connectivity index (χ4v) is 2.11. The molecule has 0 amide bonds. The van der Waals surface area contributed by atoms with Crippen LogP contribution in [0.4, 0.5) is 72.8 Å². The van der Waals surface area contributed by atoms with Crippen LogP contribution in [-0.2, 0) is 12.4 Å². The van der Waals surface area contributed by atoms with E-state index in [-0.39, 0.29) is 0 Å². The van der Waals surface area contributed by atoms with E-state index < -0.39 is 81.4 Å². The molecule has 0 spiro atoms. The van der Waals surface area contributed by atoms with Crippen LogP contribution in [0.15, 0.2) is 0 Å². The van der Waals surface area contributed by atoms with Crippen LogP contribution in [0.5, 0.6) is 0 Å². The number of halogens is 14. The minimum absolute atomic E-state index is 0.703. The van der Waals surface area contributed by atoms with E-state index in [1.165, 1.54) is 0 Å². The lowest BCUT2D eigenvalue weighted by Gasteiger charge is -2.17. The minimum Gasteiger partial charge on any atom is -0.346 e. The SMILES string of the molecule is Fc1c(F)c(C(F)(F)F)c(F)c(F)c1Nc1c(F)c(F)c(C(F)(F)F)c(F)c1F. The molecule has 0 heterocycles. The molecule has 0 aliphatic rings. The van der Waals surface area contributed by atoms with Crippen molar-refractivity contribution < 1.29 is 61.5 Å². The zero-order chi connectivity index (χ0) is 22.6. The van der Waals surface area contributed by atoms with Gasteiger partial charge >= 0.3 is 12.4 Å². The van der Waals surface area contributed by atoms with Crippen LogP contribution in [0.25, 0.3) is 0 Å². The molecule has 1 nitrogen and oxygen atoms in total. The number of rotatable bonds is 2. The second-order valence-corrected chi connectivity index (χ2v) is 5.13. The van der Waals surface area contributed by atoms with Gasteiger partial charge in [-0.1, -0.05) is 0 Å². The van der Waals surface area contributed by atoms with Crippen molar-refractivity contribution >= 4 is 11.4 Å². The average Bonchev–Trinajstić information content (AvgIpc) is 2.55. The highest BCUT2D eigenvalue weighted by Crippen LogP contribution is 2.42. The topological polar surface area (TPSA) is 12.0 Å². The van der Waals surface area contributed by atoms with E-state index in [1.54, 1.807) is 0 Å². The summed E-state index contributed by atoms with van der Waals surface area (Å²) in [5.74, 6) is -24.2. The fraction of sp³-hybridized carbons (Fsp3) is 0.143. The molecule has 0 radical (unpaired) electrons. The molecule has 2 aromatic carbocycles. The zero-order valence-electron chi connectivity index (χ0n) is 12.8. The van der Waals surface area contributed by atoms with Crippen LogP contribution in [0.1, 0.15) is 11.1 Å². The normalized spacial score (nSPS) is 12.5. The summed E-state index contributed by atoms with van der Waals surface area (Å²) in [6.07, 6.45) is -11.9. The van der Waals surface area contributed by atoms with Crippen LogP contribution >= 0.6 is 0 Å². The molecule has 0 aliphatic carbocycles. The number of hydrogen-bond donors (Lipinski definition) is 1. The van der Waals surface area contributed by atoms with Crippen molar-refractivity contribution in [3.63, 3.8) is 0 Å². The quantitative estimate of drug-likeness (QED) is 0.404. The Morgan fingerprint density at radius 3 is 0.759 bits per heavy atom. The van der Waals surface area contributed by atoms with Gasteiger partial charge in [0.25, 0.3) is 0 Å². The lowest BCUT2D eigenvalue weighted by Crippen LogP contribution is -2.19. The van der Waals surface area contributed by atoms with E-state index in [1.807, 2.05) is 0 Å². The smallest absolute Gasteiger partial charge is 0.346 e. The van der Waals surface area contributed by atoms with Gasteiger partial charge < -0.3 is 5.32 Å². The molecule has 0 atom stereocenters. The van der Waals surface area contributed by atoms with Crippen LogP contribution in [0.3, 0.4) is 0 Å². The van der Waals surface area contributed by atoms with Gasteiger partial charge in [0.15, 0.2) is 46.5 Å². The Labute approximate surface area is 149 Å². The average molecular weight is 449 g/mol. The zero-order valence-corrected chi connectivity index (χ0v) is 12.8. The molecule has 160 valence electrons. The maximum Gasteiger partial charge on any atom is 0.422 e. The van der Waals surface area contributed by atoms with Gasteiger partial charge in [0.1, 0.15) is 22.5 Å². The monoisotopic (exact) mass is 449 g/mol. The number of alkyl halides is 6. The van der Waals surface area contributed by atoms with Crippen molar-refractivity contribution in [1.82, 2.24) is 0 Å². The van der Waals surface area contributed by atoms with Gasteiger partial charge in [0.2, 0.25) is 0 Å². The van der Waals surface area contributed by atoms with Crippen LogP contribution < -0.4 is 5.32 Å². The first-order valence-electron chi connectivity index (χ1n) is 6.65. The lowest BCUT2D eigenvalue weighted by molar-refractivity contribution is -0.144. The highest BCUT2D eigenvalue weighted by molar-refractivity contribution is 5.64. The van der Waals surface area contributed by atoms with E-state index in [0.29, 0.717) is 5.32 Å². The Hall–Kier alpha value is -2.74. The Bertz CT molecular complexity index is 850. The van der Waals surface area contributed by atoms with E-state index >= 15 is 0 Å².